The first-order chi connectivity index (χ1) is 18.0. The van der Waals surface area contributed by atoms with Gasteiger partial charge in [-0.2, -0.15) is 0 Å². The molecule has 3 amide bonds. The Balaban J connectivity index is 1.57. The summed E-state index contributed by atoms with van der Waals surface area (Å²) in [5, 5.41) is 2.67. The molecule has 5 N–H and O–H groups in total. The number of nitrogens with one attached hydrogen (secondary N) is 1. The van der Waals surface area contributed by atoms with Crippen LogP contribution in [0.3, 0.4) is 0 Å². The SMILES string of the molecule is CC(N)(COP(=O)(O)O)C(=O)N(C(=O)Nc1ccc(OCCCCC2CCCCC2)cc1)c1ccccc1. The Bertz CT molecular complexity index is 1080. The minimum atomic E-state index is -4.87. The third kappa shape index (κ3) is 9.53. The molecule has 2 aromatic rings. The normalized spacial score (nSPS) is 15.9. The van der Waals surface area contributed by atoms with E-state index < -0.39 is 31.9 Å². The maximum atomic E-state index is 13.2. The fourth-order valence-corrected chi connectivity index (χ4v) is 4.89. The third-order valence-electron chi connectivity index (χ3n) is 6.55. The summed E-state index contributed by atoms with van der Waals surface area (Å²) in [6.45, 7) is 1.06. The van der Waals surface area contributed by atoms with Crippen molar-refractivity contribution in [2.45, 2.75) is 63.8 Å². The van der Waals surface area contributed by atoms with Gasteiger partial charge in [-0.25, -0.2) is 14.3 Å². The third-order valence-corrected chi connectivity index (χ3v) is 7.01. The second-order valence-electron chi connectivity index (χ2n) is 9.96. The van der Waals surface area contributed by atoms with E-state index in [0.717, 1.165) is 23.7 Å². The predicted molar refractivity (Wildman–Crippen MR) is 146 cm³/mol. The molecule has 1 aliphatic carbocycles. The van der Waals surface area contributed by atoms with Gasteiger partial charge in [0, 0.05) is 5.69 Å². The van der Waals surface area contributed by atoms with Crippen molar-refractivity contribution in [3.8, 4) is 5.75 Å². The van der Waals surface area contributed by atoms with Gasteiger partial charge in [0.15, 0.2) is 0 Å². The lowest BCUT2D eigenvalue weighted by Crippen LogP contribution is -2.58. The van der Waals surface area contributed by atoms with Crippen LogP contribution in [0.15, 0.2) is 54.6 Å². The van der Waals surface area contributed by atoms with E-state index in [1.165, 1.54) is 45.4 Å². The van der Waals surface area contributed by atoms with Crippen molar-refractivity contribution in [3.05, 3.63) is 54.6 Å². The highest BCUT2D eigenvalue weighted by Crippen LogP contribution is 2.37. The fourth-order valence-electron chi connectivity index (χ4n) is 4.45. The summed E-state index contributed by atoms with van der Waals surface area (Å²) < 4.78 is 21.4. The average Bonchev–Trinajstić information content (AvgIpc) is 2.89. The van der Waals surface area contributed by atoms with Crippen molar-refractivity contribution in [2.75, 3.05) is 23.4 Å². The zero-order valence-electron chi connectivity index (χ0n) is 21.8. The number of phosphoric ester groups is 1. The first-order valence-corrected chi connectivity index (χ1v) is 14.5. The zero-order valence-corrected chi connectivity index (χ0v) is 22.6. The Morgan fingerprint density at radius 3 is 2.34 bits per heavy atom. The van der Waals surface area contributed by atoms with Gasteiger partial charge in [-0.1, -0.05) is 56.7 Å². The Labute approximate surface area is 223 Å². The summed E-state index contributed by atoms with van der Waals surface area (Å²) >= 11 is 0. The second kappa shape index (κ2) is 13.9. The molecule has 1 atom stereocenters. The van der Waals surface area contributed by atoms with Crippen LogP contribution < -0.4 is 20.7 Å². The molecule has 38 heavy (non-hydrogen) atoms. The number of urea groups is 1. The number of hydrogen-bond donors (Lipinski definition) is 4. The molecule has 0 aromatic heterocycles. The lowest BCUT2D eigenvalue weighted by Gasteiger charge is -2.30. The minimum absolute atomic E-state index is 0.232. The van der Waals surface area contributed by atoms with Crippen molar-refractivity contribution in [1.29, 1.82) is 0 Å². The molecule has 1 fully saturated rings. The number of carbonyl (C=O) groups is 2. The molecule has 2 aromatic carbocycles. The van der Waals surface area contributed by atoms with E-state index in [1.807, 2.05) is 0 Å². The molecular formula is C27H38N3O7P. The minimum Gasteiger partial charge on any atom is -0.494 e. The van der Waals surface area contributed by atoms with E-state index in [-0.39, 0.29) is 5.69 Å². The van der Waals surface area contributed by atoms with Gasteiger partial charge < -0.3 is 25.6 Å². The molecule has 208 valence electrons. The van der Waals surface area contributed by atoms with Gasteiger partial charge in [-0.05, 0) is 62.1 Å². The van der Waals surface area contributed by atoms with Crippen LogP contribution in [0, 0.1) is 5.92 Å². The molecule has 0 bridgehead atoms. The lowest BCUT2D eigenvalue weighted by atomic mass is 9.86. The Morgan fingerprint density at radius 2 is 1.71 bits per heavy atom. The summed E-state index contributed by atoms with van der Waals surface area (Å²) in [6, 6.07) is 14.1. The van der Waals surface area contributed by atoms with Crippen molar-refractivity contribution in [1.82, 2.24) is 0 Å². The standard InChI is InChI=1S/C27H38N3O7P/c1-27(28,20-37-38(33,34)35)25(31)30(23-13-6-3-7-14-23)26(32)29-22-15-17-24(18-16-22)36-19-9-8-12-21-10-4-2-5-11-21/h3,6-7,13-18,21H,2,4-5,8-12,19-20,28H2,1H3,(H,29,32)(H2,33,34,35). The monoisotopic (exact) mass is 547 g/mol. The molecule has 1 unspecified atom stereocenters. The van der Waals surface area contributed by atoms with Gasteiger partial charge in [0.2, 0.25) is 0 Å². The number of ether oxygens (including phenoxy) is 1. The molecule has 1 saturated carbocycles. The number of unbranched alkanes of at least 4 members (excludes halogenated alkanes) is 1. The predicted octanol–water partition coefficient (Wildman–Crippen LogP) is 5.21. The number of nitrogens with two attached hydrogens (primary N) is 1. The van der Waals surface area contributed by atoms with Crippen molar-refractivity contribution in [2.24, 2.45) is 11.7 Å². The van der Waals surface area contributed by atoms with Crippen LogP contribution in [0.2, 0.25) is 0 Å². The lowest BCUT2D eigenvalue weighted by molar-refractivity contribution is -0.123. The molecule has 11 heteroatoms. The molecule has 0 radical (unpaired) electrons. The molecule has 0 saturated heterocycles. The highest BCUT2D eigenvalue weighted by Gasteiger charge is 2.39. The van der Waals surface area contributed by atoms with Gasteiger partial charge in [-0.3, -0.25) is 9.32 Å². The van der Waals surface area contributed by atoms with Crippen LogP contribution in [0.1, 0.15) is 58.3 Å². The number of nitrogens with zero attached hydrogens (tertiary/aromatic N) is 1. The van der Waals surface area contributed by atoms with E-state index in [9.17, 15) is 14.2 Å². The summed E-state index contributed by atoms with van der Waals surface area (Å²) in [5.74, 6) is 0.647. The van der Waals surface area contributed by atoms with E-state index in [1.54, 1.807) is 54.6 Å². The molecule has 3 rings (SSSR count). The number of hydrogen-bond acceptors (Lipinski definition) is 6. The van der Waals surface area contributed by atoms with Crippen LogP contribution in [0.5, 0.6) is 5.75 Å². The van der Waals surface area contributed by atoms with E-state index in [0.29, 0.717) is 18.0 Å². The molecular weight excluding hydrogens is 509 g/mol. The quantitative estimate of drug-likeness (QED) is 0.209. The maximum absolute atomic E-state index is 13.2. The largest absolute Gasteiger partial charge is 0.494 e. The van der Waals surface area contributed by atoms with E-state index >= 15 is 0 Å². The first kappa shape index (κ1) is 29.8. The number of imide groups is 1. The van der Waals surface area contributed by atoms with Crippen molar-refractivity contribution >= 4 is 31.1 Å². The van der Waals surface area contributed by atoms with Gasteiger partial charge in [-0.15, -0.1) is 0 Å². The number of anilines is 2. The molecule has 0 heterocycles. The van der Waals surface area contributed by atoms with E-state index in [4.69, 9.17) is 20.3 Å². The zero-order chi connectivity index (χ0) is 27.6. The van der Waals surface area contributed by atoms with Gasteiger partial charge in [0.25, 0.3) is 5.91 Å². The molecule has 0 spiro atoms. The van der Waals surface area contributed by atoms with Gasteiger partial charge in [0.05, 0.1) is 18.9 Å². The smallest absolute Gasteiger partial charge is 0.469 e. The van der Waals surface area contributed by atoms with Crippen LogP contribution in [0.4, 0.5) is 16.2 Å². The Morgan fingerprint density at radius 1 is 1.05 bits per heavy atom. The summed E-state index contributed by atoms with van der Waals surface area (Å²) in [4.78, 5) is 45.2. The summed E-state index contributed by atoms with van der Waals surface area (Å²) in [7, 11) is -4.87. The van der Waals surface area contributed by atoms with Gasteiger partial charge >= 0.3 is 13.9 Å². The molecule has 0 aliphatic heterocycles. The molecule has 10 nitrogen and oxygen atoms in total. The highest BCUT2D eigenvalue weighted by atomic mass is 31.2. The highest BCUT2D eigenvalue weighted by molar-refractivity contribution is 7.46. The van der Waals surface area contributed by atoms with Crippen molar-refractivity contribution < 1.29 is 33.2 Å². The maximum Gasteiger partial charge on any atom is 0.469 e. The van der Waals surface area contributed by atoms with Crippen LogP contribution >= 0.6 is 7.82 Å². The van der Waals surface area contributed by atoms with Crippen molar-refractivity contribution in [3.63, 3.8) is 0 Å². The number of benzene rings is 2. The average molecular weight is 548 g/mol. The van der Waals surface area contributed by atoms with E-state index in [2.05, 4.69) is 9.84 Å². The summed E-state index contributed by atoms with van der Waals surface area (Å²) in [5.41, 5.74) is 4.77. The fraction of sp³-hybridized carbons (Fsp3) is 0.481. The second-order valence-corrected chi connectivity index (χ2v) is 11.2. The Hall–Kier alpha value is -2.75. The Kier molecular flexibility index (Phi) is 10.9. The molecule has 1 aliphatic rings. The number of carbonyl (C=O) groups excluding carboxylic acids is 2. The first-order valence-electron chi connectivity index (χ1n) is 13.0. The number of para-hydroxylation sites is 1. The number of rotatable bonds is 12. The van der Waals surface area contributed by atoms with Crippen LogP contribution in [0.25, 0.3) is 0 Å². The number of phosphoric acid groups is 1. The van der Waals surface area contributed by atoms with Crippen LogP contribution in [-0.2, 0) is 13.9 Å². The van der Waals surface area contributed by atoms with Gasteiger partial charge in [0.1, 0.15) is 11.3 Å². The number of amides is 3. The van der Waals surface area contributed by atoms with Crippen LogP contribution in [-0.4, -0.2) is 40.5 Å². The summed E-state index contributed by atoms with van der Waals surface area (Å²) in [6.07, 6.45) is 10.2. The topological polar surface area (TPSA) is 151 Å².